The quantitative estimate of drug-likeness (QED) is 0.609. The number of hydrogen-bond acceptors (Lipinski definition) is 2. The van der Waals surface area contributed by atoms with Crippen LogP contribution in [-0.4, -0.2) is 5.78 Å². The summed E-state index contributed by atoms with van der Waals surface area (Å²) >= 11 is 0. The molecule has 0 N–H and O–H groups in total. The molecular formula is C13H19NO. The van der Waals surface area contributed by atoms with Crippen LogP contribution in [0.3, 0.4) is 0 Å². The summed E-state index contributed by atoms with van der Waals surface area (Å²) in [6.07, 6.45) is 5.66. The molecule has 0 spiro atoms. The van der Waals surface area contributed by atoms with E-state index in [4.69, 9.17) is 0 Å². The van der Waals surface area contributed by atoms with Gasteiger partial charge < -0.3 is 0 Å². The molecule has 2 heteroatoms. The Morgan fingerprint density at radius 3 is 2.67 bits per heavy atom. The van der Waals surface area contributed by atoms with Crippen molar-refractivity contribution in [1.82, 2.24) is 0 Å². The number of Topliss-reactive ketones (excluding diaryl/α,β-unsaturated/α-hetero) is 1. The van der Waals surface area contributed by atoms with Gasteiger partial charge in [0.15, 0.2) is 5.78 Å². The highest BCUT2D eigenvalue weighted by molar-refractivity contribution is 5.88. The third kappa shape index (κ3) is 1.40. The van der Waals surface area contributed by atoms with Gasteiger partial charge in [0.05, 0.1) is 6.07 Å². The van der Waals surface area contributed by atoms with E-state index in [1.54, 1.807) is 0 Å². The highest BCUT2D eigenvalue weighted by atomic mass is 16.1. The van der Waals surface area contributed by atoms with E-state index < -0.39 is 5.41 Å². The molecule has 2 aliphatic rings. The van der Waals surface area contributed by atoms with Crippen molar-refractivity contribution in [2.24, 2.45) is 16.7 Å². The Bertz CT molecular complexity index is 326. The van der Waals surface area contributed by atoms with E-state index in [9.17, 15) is 10.1 Å². The first kappa shape index (κ1) is 10.7. The summed E-state index contributed by atoms with van der Waals surface area (Å²) in [5.74, 6) is 0.513. The van der Waals surface area contributed by atoms with E-state index in [0.29, 0.717) is 12.3 Å². The number of ketones is 1. The maximum absolute atomic E-state index is 12.0. The van der Waals surface area contributed by atoms with Crippen LogP contribution < -0.4 is 0 Å². The van der Waals surface area contributed by atoms with Crippen LogP contribution in [0.1, 0.15) is 52.4 Å². The first-order chi connectivity index (χ1) is 7.03. The number of fused-ring (bicyclic) bond motifs is 1. The van der Waals surface area contributed by atoms with Crippen LogP contribution in [-0.2, 0) is 4.79 Å². The number of hydrogen-bond donors (Lipinski definition) is 0. The maximum Gasteiger partial charge on any atom is 0.153 e. The molecular weight excluding hydrogens is 186 g/mol. The molecule has 2 nitrogen and oxygen atoms in total. The summed E-state index contributed by atoms with van der Waals surface area (Å²) in [7, 11) is 0. The van der Waals surface area contributed by atoms with Crippen molar-refractivity contribution in [3.05, 3.63) is 0 Å². The van der Waals surface area contributed by atoms with Gasteiger partial charge in [0, 0.05) is 6.42 Å². The fourth-order valence-corrected chi connectivity index (χ4v) is 3.70. The van der Waals surface area contributed by atoms with Crippen LogP contribution in [0.15, 0.2) is 0 Å². The minimum absolute atomic E-state index is 0.171. The summed E-state index contributed by atoms with van der Waals surface area (Å²) in [6.45, 7) is 4.45. The Balaban J connectivity index is 2.42. The van der Waals surface area contributed by atoms with Crippen molar-refractivity contribution in [3.63, 3.8) is 0 Å². The van der Waals surface area contributed by atoms with Crippen LogP contribution in [0.25, 0.3) is 0 Å². The van der Waals surface area contributed by atoms with E-state index in [1.165, 1.54) is 0 Å². The molecule has 0 aromatic carbocycles. The molecule has 2 fully saturated rings. The number of rotatable bonds is 0. The van der Waals surface area contributed by atoms with Gasteiger partial charge in [-0.2, -0.15) is 5.26 Å². The minimum Gasteiger partial charge on any atom is -0.298 e. The molecule has 0 amide bonds. The standard InChI is InChI=1S/C13H19NO/c1-12(2)7-4-8-13(9-14)10(12)5-3-6-11(13)15/h10H,3-8H2,1-2H3/t10?,13-/m1/s1. The fraction of sp³-hybridized carbons (Fsp3) is 0.846. The van der Waals surface area contributed by atoms with Gasteiger partial charge in [0.25, 0.3) is 0 Å². The molecule has 0 aliphatic heterocycles. The molecule has 0 aromatic heterocycles. The van der Waals surface area contributed by atoms with E-state index >= 15 is 0 Å². The fourth-order valence-electron chi connectivity index (χ4n) is 3.70. The Morgan fingerprint density at radius 1 is 1.33 bits per heavy atom. The predicted molar refractivity (Wildman–Crippen MR) is 58.0 cm³/mol. The van der Waals surface area contributed by atoms with Crippen molar-refractivity contribution >= 4 is 5.78 Å². The summed E-state index contributed by atoms with van der Waals surface area (Å²) in [4.78, 5) is 12.0. The highest BCUT2D eigenvalue weighted by Gasteiger charge is 2.55. The van der Waals surface area contributed by atoms with Gasteiger partial charge in [-0.25, -0.2) is 0 Å². The third-order valence-corrected chi connectivity index (χ3v) is 4.52. The lowest BCUT2D eigenvalue weighted by atomic mass is 9.51. The molecule has 2 atom stereocenters. The zero-order chi connectivity index (χ0) is 11.1. The van der Waals surface area contributed by atoms with Gasteiger partial charge in [-0.05, 0) is 37.0 Å². The minimum atomic E-state index is -0.625. The van der Waals surface area contributed by atoms with E-state index in [-0.39, 0.29) is 11.2 Å². The van der Waals surface area contributed by atoms with Crippen molar-refractivity contribution in [3.8, 4) is 6.07 Å². The van der Waals surface area contributed by atoms with E-state index in [2.05, 4.69) is 19.9 Å². The Hall–Kier alpha value is -0.840. The molecule has 0 radical (unpaired) electrons. The molecule has 2 saturated carbocycles. The number of nitrogens with zero attached hydrogens (tertiary/aromatic N) is 1. The van der Waals surface area contributed by atoms with Gasteiger partial charge in [-0.3, -0.25) is 4.79 Å². The molecule has 1 unspecified atom stereocenters. The number of carbonyl (C=O) groups excluding carboxylic acids is 1. The topological polar surface area (TPSA) is 40.9 Å². The van der Waals surface area contributed by atoms with Crippen molar-refractivity contribution < 1.29 is 4.79 Å². The van der Waals surface area contributed by atoms with Crippen molar-refractivity contribution in [1.29, 1.82) is 5.26 Å². The average Bonchev–Trinajstić information content (AvgIpc) is 2.19. The molecule has 0 bridgehead atoms. The summed E-state index contributed by atoms with van der Waals surface area (Å²) in [5, 5.41) is 9.41. The maximum atomic E-state index is 12.0. The summed E-state index contributed by atoms with van der Waals surface area (Å²) in [5.41, 5.74) is -0.454. The van der Waals surface area contributed by atoms with Crippen molar-refractivity contribution in [2.75, 3.05) is 0 Å². The molecule has 0 aromatic rings. The lowest BCUT2D eigenvalue weighted by Gasteiger charge is -2.50. The Labute approximate surface area is 91.7 Å². The zero-order valence-corrected chi connectivity index (χ0v) is 9.68. The smallest absolute Gasteiger partial charge is 0.153 e. The summed E-state index contributed by atoms with van der Waals surface area (Å²) < 4.78 is 0. The predicted octanol–water partition coefficient (Wildman–Crippen LogP) is 3.08. The Morgan fingerprint density at radius 2 is 2.07 bits per heavy atom. The first-order valence-corrected chi connectivity index (χ1v) is 5.97. The molecule has 0 saturated heterocycles. The monoisotopic (exact) mass is 205 g/mol. The normalized spacial score (nSPS) is 39.3. The second-order valence-electron chi connectivity index (χ2n) is 5.79. The third-order valence-electron chi connectivity index (χ3n) is 4.52. The highest BCUT2D eigenvalue weighted by Crippen LogP contribution is 2.55. The van der Waals surface area contributed by atoms with Crippen LogP contribution in [0.5, 0.6) is 0 Å². The average molecular weight is 205 g/mol. The second-order valence-corrected chi connectivity index (χ2v) is 5.79. The van der Waals surface area contributed by atoms with Gasteiger partial charge in [0.1, 0.15) is 5.41 Å². The van der Waals surface area contributed by atoms with Gasteiger partial charge >= 0.3 is 0 Å². The summed E-state index contributed by atoms with van der Waals surface area (Å²) in [6, 6.07) is 2.38. The molecule has 15 heavy (non-hydrogen) atoms. The number of carbonyl (C=O) groups is 1. The van der Waals surface area contributed by atoms with E-state index in [0.717, 1.165) is 32.1 Å². The zero-order valence-electron chi connectivity index (χ0n) is 9.68. The SMILES string of the molecule is CC1(C)CCC[C@]2(C#N)C(=O)CCCC12. The largest absolute Gasteiger partial charge is 0.298 e. The lowest BCUT2D eigenvalue weighted by molar-refractivity contribution is -0.138. The Kier molecular flexibility index (Phi) is 2.37. The molecule has 2 rings (SSSR count). The van der Waals surface area contributed by atoms with Crippen LogP contribution in [0.2, 0.25) is 0 Å². The molecule has 2 aliphatic carbocycles. The van der Waals surface area contributed by atoms with Crippen LogP contribution >= 0.6 is 0 Å². The first-order valence-electron chi connectivity index (χ1n) is 5.97. The van der Waals surface area contributed by atoms with Gasteiger partial charge in [0.2, 0.25) is 0 Å². The molecule has 82 valence electrons. The van der Waals surface area contributed by atoms with Crippen molar-refractivity contribution in [2.45, 2.75) is 52.4 Å². The van der Waals surface area contributed by atoms with Crippen LogP contribution in [0.4, 0.5) is 0 Å². The number of nitriles is 1. The van der Waals surface area contributed by atoms with E-state index in [1.807, 2.05) is 0 Å². The second kappa shape index (κ2) is 3.33. The van der Waals surface area contributed by atoms with Crippen LogP contribution in [0, 0.1) is 28.1 Å². The lowest BCUT2D eigenvalue weighted by Crippen LogP contribution is -2.50. The molecule has 0 heterocycles. The van der Waals surface area contributed by atoms with Gasteiger partial charge in [-0.15, -0.1) is 0 Å². The van der Waals surface area contributed by atoms with Gasteiger partial charge in [-0.1, -0.05) is 20.3 Å².